The number of hydrogen-bond acceptors (Lipinski definition) is 5. The van der Waals surface area contributed by atoms with E-state index in [-0.39, 0.29) is 0 Å². The number of anilines is 1. The molecule has 21 heavy (non-hydrogen) atoms. The first-order valence-corrected chi connectivity index (χ1v) is 7.99. The zero-order chi connectivity index (χ0) is 14.8. The van der Waals surface area contributed by atoms with Crippen LogP contribution in [0.4, 0.5) is 5.69 Å². The van der Waals surface area contributed by atoms with Crippen LogP contribution in [0, 0.1) is 0 Å². The summed E-state index contributed by atoms with van der Waals surface area (Å²) >= 11 is 5.28. The van der Waals surface area contributed by atoms with Gasteiger partial charge < -0.3 is 18.7 Å². The van der Waals surface area contributed by atoms with Crippen molar-refractivity contribution in [1.82, 2.24) is 3.93 Å². The smallest absolute Gasteiger partial charge is 0.124 e. The summed E-state index contributed by atoms with van der Waals surface area (Å²) in [5.41, 5.74) is 3.21. The molecule has 0 fully saturated rings. The lowest BCUT2D eigenvalue weighted by Gasteiger charge is -2.22. The Hall–Kier alpha value is -1.66. The highest BCUT2D eigenvalue weighted by Gasteiger charge is 2.17. The van der Waals surface area contributed by atoms with E-state index in [1.54, 1.807) is 25.6 Å². The number of hydrogen-bond donors (Lipinski definition) is 1. The molecule has 2 aromatic rings. The maximum Gasteiger partial charge on any atom is 0.124 e. The molecule has 0 unspecified atom stereocenters. The fraction of sp³-hybridized carbons (Fsp3) is 0.200. The van der Waals surface area contributed by atoms with Gasteiger partial charge in [-0.1, -0.05) is 0 Å². The highest BCUT2D eigenvalue weighted by atomic mass is 79.9. The molecule has 1 aliphatic heterocycles. The largest absolute Gasteiger partial charge is 0.497 e. The monoisotopic (exact) mass is 366 g/mol. The molecule has 110 valence electrons. The van der Waals surface area contributed by atoms with E-state index in [4.69, 9.17) is 9.47 Å². The van der Waals surface area contributed by atoms with Gasteiger partial charge in [-0.25, -0.2) is 0 Å². The van der Waals surface area contributed by atoms with Gasteiger partial charge in [0.1, 0.15) is 11.5 Å². The quantitative estimate of drug-likeness (QED) is 0.817. The van der Waals surface area contributed by atoms with Gasteiger partial charge in [0.15, 0.2) is 0 Å². The minimum atomic E-state index is 0.759. The summed E-state index contributed by atoms with van der Waals surface area (Å²) in [7, 11) is 3.30. The molecule has 0 radical (unpaired) electrons. The Labute approximate surface area is 136 Å². The van der Waals surface area contributed by atoms with Gasteiger partial charge in [-0.2, -0.15) is 0 Å². The number of thiophene rings is 1. The van der Waals surface area contributed by atoms with Crippen LogP contribution in [-0.4, -0.2) is 18.1 Å². The van der Waals surface area contributed by atoms with Crippen LogP contribution in [0.15, 0.2) is 35.8 Å². The summed E-state index contributed by atoms with van der Waals surface area (Å²) in [4.78, 5) is 1.33. The van der Waals surface area contributed by atoms with Crippen LogP contribution in [0.25, 0.3) is 5.70 Å². The summed E-state index contributed by atoms with van der Waals surface area (Å²) in [5, 5.41) is 5.55. The molecule has 0 spiro atoms. The molecule has 1 aromatic heterocycles. The lowest BCUT2D eigenvalue weighted by molar-refractivity contribution is 0.395. The third-order valence-electron chi connectivity index (χ3n) is 3.23. The Balaban J connectivity index is 1.93. The van der Waals surface area contributed by atoms with Crippen LogP contribution >= 0.6 is 27.5 Å². The van der Waals surface area contributed by atoms with Gasteiger partial charge in [-0.15, -0.1) is 11.3 Å². The average Bonchev–Trinajstić information content (AvgIpc) is 2.95. The minimum Gasteiger partial charge on any atom is -0.497 e. The first kappa shape index (κ1) is 14.3. The minimum absolute atomic E-state index is 0.759. The van der Waals surface area contributed by atoms with E-state index in [1.807, 2.05) is 28.3 Å². The van der Waals surface area contributed by atoms with Crippen LogP contribution in [0.2, 0.25) is 0 Å². The second-order valence-corrected chi connectivity index (χ2v) is 6.50. The van der Waals surface area contributed by atoms with Crippen molar-refractivity contribution in [2.24, 2.45) is 0 Å². The Bertz CT molecular complexity index is 662. The van der Waals surface area contributed by atoms with Gasteiger partial charge in [-0.3, -0.25) is 0 Å². The fourth-order valence-electron chi connectivity index (χ4n) is 2.23. The van der Waals surface area contributed by atoms with E-state index in [2.05, 4.69) is 32.9 Å². The number of nitrogens with zero attached hydrogens (tertiary/aromatic N) is 1. The van der Waals surface area contributed by atoms with Crippen molar-refractivity contribution in [2.75, 3.05) is 19.5 Å². The van der Waals surface area contributed by atoms with Crippen molar-refractivity contribution in [3.05, 3.63) is 46.3 Å². The van der Waals surface area contributed by atoms with Crippen molar-refractivity contribution in [2.45, 2.75) is 6.54 Å². The summed E-state index contributed by atoms with van der Waals surface area (Å²) in [6, 6.07) is 7.88. The van der Waals surface area contributed by atoms with E-state index in [0.717, 1.165) is 29.4 Å². The number of nitrogens with one attached hydrogen (secondary N) is 1. The lowest BCUT2D eigenvalue weighted by atomic mass is 10.1. The summed E-state index contributed by atoms with van der Waals surface area (Å²) in [6.45, 7) is 0.875. The van der Waals surface area contributed by atoms with E-state index < -0.39 is 0 Å². The van der Waals surface area contributed by atoms with Gasteiger partial charge in [0.2, 0.25) is 0 Å². The molecule has 1 aliphatic rings. The predicted molar refractivity (Wildman–Crippen MR) is 89.9 cm³/mol. The number of rotatable bonds is 4. The van der Waals surface area contributed by atoms with Crippen molar-refractivity contribution < 1.29 is 9.47 Å². The molecule has 0 aliphatic carbocycles. The Kier molecular flexibility index (Phi) is 4.07. The topological polar surface area (TPSA) is 33.7 Å². The van der Waals surface area contributed by atoms with Crippen molar-refractivity contribution in [3.8, 4) is 11.5 Å². The van der Waals surface area contributed by atoms with Crippen LogP contribution in [-0.2, 0) is 6.54 Å². The normalized spacial score (nSPS) is 13.5. The molecule has 6 heteroatoms. The van der Waals surface area contributed by atoms with Crippen molar-refractivity contribution in [1.29, 1.82) is 0 Å². The van der Waals surface area contributed by atoms with Gasteiger partial charge in [0.05, 0.1) is 26.5 Å². The van der Waals surface area contributed by atoms with Crippen LogP contribution in [0.5, 0.6) is 11.5 Å². The average molecular weight is 367 g/mol. The molecule has 1 N–H and O–H groups in total. The molecule has 2 heterocycles. The Morgan fingerprint density at radius 1 is 1.19 bits per heavy atom. The van der Waals surface area contributed by atoms with E-state index >= 15 is 0 Å². The summed E-state index contributed by atoms with van der Waals surface area (Å²) in [6.07, 6.45) is 2.04. The highest BCUT2D eigenvalue weighted by molar-refractivity contribution is 9.07. The summed E-state index contributed by atoms with van der Waals surface area (Å²) in [5.74, 6) is 1.52. The van der Waals surface area contributed by atoms with Crippen molar-refractivity contribution in [3.63, 3.8) is 0 Å². The van der Waals surface area contributed by atoms with Crippen LogP contribution < -0.4 is 14.8 Å². The molecule has 4 nitrogen and oxygen atoms in total. The van der Waals surface area contributed by atoms with Gasteiger partial charge in [-0.05, 0) is 11.4 Å². The molecule has 1 aromatic carbocycles. The maximum absolute atomic E-state index is 5.31. The van der Waals surface area contributed by atoms with Crippen LogP contribution in [0.3, 0.4) is 0 Å². The van der Waals surface area contributed by atoms with E-state index in [0.29, 0.717) is 0 Å². The number of ether oxygens (including phenoxy) is 2. The van der Waals surface area contributed by atoms with Gasteiger partial charge in [0.25, 0.3) is 0 Å². The fourth-order valence-corrected chi connectivity index (χ4v) is 3.74. The SMILES string of the molecule is COc1cc(NC2=CN(Br)Cc3sccc32)cc(OC)c1. The molecule has 3 rings (SSSR count). The maximum atomic E-state index is 5.31. The Morgan fingerprint density at radius 2 is 1.90 bits per heavy atom. The number of fused-ring (bicyclic) bond motifs is 1. The predicted octanol–water partition coefficient (Wildman–Crippen LogP) is 4.30. The lowest BCUT2D eigenvalue weighted by Crippen LogP contribution is -2.13. The molecular formula is C15H15BrN2O2S. The van der Waals surface area contributed by atoms with Crippen molar-refractivity contribution >= 4 is 38.9 Å². The number of methoxy groups -OCH3 is 2. The molecular weight excluding hydrogens is 352 g/mol. The number of halogens is 1. The highest BCUT2D eigenvalue weighted by Crippen LogP contribution is 2.34. The van der Waals surface area contributed by atoms with E-state index in [1.165, 1.54) is 10.4 Å². The third kappa shape index (κ3) is 3.01. The summed E-state index contributed by atoms with van der Waals surface area (Å²) < 4.78 is 12.6. The Morgan fingerprint density at radius 3 is 2.57 bits per heavy atom. The molecule has 0 atom stereocenters. The third-order valence-corrected chi connectivity index (χ3v) is 4.59. The van der Waals surface area contributed by atoms with E-state index in [9.17, 15) is 0 Å². The zero-order valence-corrected chi connectivity index (χ0v) is 14.1. The van der Waals surface area contributed by atoms with Crippen LogP contribution in [0.1, 0.15) is 10.4 Å². The molecule has 0 amide bonds. The molecule has 0 saturated carbocycles. The first-order chi connectivity index (χ1) is 10.2. The molecule has 0 bridgehead atoms. The molecule has 0 saturated heterocycles. The van der Waals surface area contributed by atoms with Gasteiger partial charge in [0, 0.05) is 56.7 Å². The zero-order valence-electron chi connectivity index (χ0n) is 11.7. The number of benzene rings is 1. The first-order valence-electron chi connectivity index (χ1n) is 6.40. The standard InChI is InChI=1S/C15H15BrN2O2S/c1-19-11-5-10(6-12(7-11)20-2)17-14-8-18(16)9-15-13(14)3-4-21-15/h3-8,17H,9H2,1-2H3. The second-order valence-electron chi connectivity index (χ2n) is 4.58. The van der Waals surface area contributed by atoms with Gasteiger partial charge >= 0.3 is 0 Å². The second kappa shape index (κ2) is 5.99.